The third-order valence-electron chi connectivity index (χ3n) is 3.76. The Balaban J connectivity index is 1.95. The molecule has 0 saturated carbocycles. The summed E-state index contributed by atoms with van der Waals surface area (Å²) < 4.78 is 39.1. The Morgan fingerprint density at radius 1 is 1.10 bits per heavy atom. The number of benzene rings is 2. The minimum absolute atomic E-state index is 0.0896. The zero-order valence-corrected chi connectivity index (χ0v) is 16.1. The number of methoxy groups -OCH3 is 1. The fourth-order valence-electron chi connectivity index (χ4n) is 2.38. The van der Waals surface area contributed by atoms with Crippen LogP contribution < -0.4 is 14.8 Å². The normalized spacial score (nSPS) is 11.9. The molecule has 29 heavy (non-hydrogen) atoms. The molecule has 1 amide bonds. The van der Waals surface area contributed by atoms with Crippen molar-refractivity contribution < 1.29 is 32.6 Å². The zero-order chi connectivity index (χ0) is 21.4. The van der Waals surface area contributed by atoms with Gasteiger partial charge in [-0.15, -0.1) is 0 Å². The van der Waals surface area contributed by atoms with Crippen LogP contribution in [-0.4, -0.2) is 31.7 Å². The summed E-state index contributed by atoms with van der Waals surface area (Å²) in [5.74, 6) is -1.23. The number of alkyl halides is 2. The first kappa shape index (κ1) is 21.9. The molecule has 0 bridgehead atoms. The molecule has 0 fully saturated rings. The predicted octanol–water partition coefficient (Wildman–Crippen LogP) is 4.19. The highest BCUT2D eigenvalue weighted by atomic mass is 19.3. The molecule has 0 spiro atoms. The van der Waals surface area contributed by atoms with E-state index < -0.39 is 24.6 Å². The minimum atomic E-state index is -2.98. The smallest absolute Gasteiger partial charge is 0.387 e. The van der Waals surface area contributed by atoms with Crippen LogP contribution in [0.25, 0.3) is 6.08 Å². The minimum Gasteiger partial charge on any atom is -0.493 e. The van der Waals surface area contributed by atoms with Gasteiger partial charge >= 0.3 is 12.6 Å². The molecule has 2 aromatic carbocycles. The lowest BCUT2D eigenvalue weighted by atomic mass is 10.2. The van der Waals surface area contributed by atoms with Gasteiger partial charge in [-0.3, -0.25) is 4.79 Å². The standard InChI is InChI=1S/C21H21F2NO5/c1-13-5-4-6-16(11-13)24-20(26)14(2)28-19(25)10-8-15-7-9-17(29-21(22)23)18(12-15)27-3/h4-12,14,21H,1-3H3,(H,24,26)/b10-8+/t14-/m0/s1. The molecule has 0 aromatic heterocycles. The lowest BCUT2D eigenvalue weighted by Crippen LogP contribution is -2.29. The predicted molar refractivity (Wildman–Crippen MR) is 104 cm³/mol. The first-order chi connectivity index (χ1) is 13.8. The molecule has 0 radical (unpaired) electrons. The first-order valence-corrected chi connectivity index (χ1v) is 8.67. The van der Waals surface area contributed by atoms with E-state index in [0.29, 0.717) is 11.3 Å². The molecule has 0 saturated heterocycles. The first-order valence-electron chi connectivity index (χ1n) is 8.67. The number of ether oxygens (including phenoxy) is 3. The number of aryl methyl sites for hydroxylation is 1. The average Bonchev–Trinajstić information content (AvgIpc) is 2.66. The molecule has 1 N–H and O–H groups in total. The second kappa shape index (κ2) is 10.2. The van der Waals surface area contributed by atoms with Gasteiger partial charge in [0.2, 0.25) is 0 Å². The van der Waals surface area contributed by atoms with E-state index in [9.17, 15) is 18.4 Å². The summed E-state index contributed by atoms with van der Waals surface area (Å²) in [6.07, 6.45) is 1.52. The van der Waals surface area contributed by atoms with Crippen LogP contribution in [0.2, 0.25) is 0 Å². The van der Waals surface area contributed by atoms with Gasteiger partial charge in [-0.2, -0.15) is 8.78 Å². The molecule has 0 aliphatic carbocycles. The highest BCUT2D eigenvalue weighted by molar-refractivity contribution is 5.96. The van der Waals surface area contributed by atoms with Crippen molar-refractivity contribution >= 4 is 23.6 Å². The zero-order valence-electron chi connectivity index (χ0n) is 16.1. The number of halogens is 2. The summed E-state index contributed by atoms with van der Waals surface area (Å²) in [4.78, 5) is 24.1. The molecule has 2 rings (SSSR count). The summed E-state index contributed by atoms with van der Waals surface area (Å²) in [7, 11) is 1.31. The molecule has 8 heteroatoms. The van der Waals surface area contributed by atoms with E-state index in [1.807, 2.05) is 13.0 Å². The van der Waals surface area contributed by atoms with E-state index in [1.165, 1.54) is 38.3 Å². The van der Waals surface area contributed by atoms with E-state index in [-0.39, 0.29) is 11.5 Å². The van der Waals surface area contributed by atoms with Crippen LogP contribution >= 0.6 is 0 Å². The lowest BCUT2D eigenvalue weighted by Gasteiger charge is -2.12. The van der Waals surface area contributed by atoms with Crippen molar-refractivity contribution in [2.75, 3.05) is 12.4 Å². The van der Waals surface area contributed by atoms with Crippen LogP contribution in [0.1, 0.15) is 18.1 Å². The maximum absolute atomic E-state index is 12.3. The second-order valence-electron chi connectivity index (χ2n) is 6.06. The number of amides is 1. The maximum Gasteiger partial charge on any atom is 0.387 e. The molecule has 0 aliphatic rings. The molecule has 0 unspecified atom stereocenters. The van der Waals surface area contributed by atoms with Gasteiger partial charge in [0.05, 0.1) is 7.11 Å². The Kier molecular flexibility index (Phi) is 7.70. The number of esters is 1. The number of carbonyl (C=O) groups is 2. The SMILES string of the molecule is COc1cc(/C=C/C(=O)O[C@@H](C)C(=O)Nc2cccc(C)c2)ccc1OC(F)F. The van der Waals surface area contributed by atoms with Crippen molar-refractivity contribution in [1.82, 2.24) is 0 Å². The van der Waals surface area contributed by atoms with Gasteiger partial charge < -0.3 is 19.5 Å². The van der Waals surface area contributed by atoms with Crippen molar-refractivity contribution in [2.45, 2.75) is 26.6 Å². The van der Waals surface area contributed by atoms with Gasteiger partial charge in [0, 0.05) is 11.8 Å². The van der Waals surface area contributed by atoms with Crippen molar-refractivity contribution in [1.29, 1.82) is 0 Å². The highest BCUT2D eigenvalue weighted by Gasteiger charge is 2.17. The summed E-state index contributed by atoms with van der Waals surface area (Å²) in [6, 6.07) is 11.4. The van der Waals surface area contributed by atoms with E-state index >= 15 is 0 Å². The fourth-order valence-corrected chi connectivity index (χ4v) is 2.38. The number of hydrogen-bond donors (Lipinski definition) is 1. The molecular formula is C21H21F2NO5. The molecule has 0 heterocycles. The van der Waals surface area contributed by atoms with E-state index in [4.69, 9.17) is 9.47 Å². The molecule has 2 aromatic rings. The molecular weight excluding hydrogens is 384 g/mol. The van der Waals surface area contributed by atoms with Crippen molar-refractivity contribution in [3.63, 3.8) is 0 Å². The Morgan fingerprint density at radius 2 is 1.86 bits per heavy atom. The highest BCUT2D eigenvalue weighted by Crippen LogP contribution is 2.29. The van der Waals surface area contributed by atoms with Gasteiger partial charge in [0.15, 0.2) is 17.6 Å². The molecule has 0 aliphatic heterocycles. The van der Waals surface area contributed by atoms with Gasteiger partial charge in [0.25, 0.3) is 5.91 Å². The van der Waals surface area contributed by atoms with Crippen LogP contribution in [0.4, 0.5) is 14.5 Å². The number of rotatable bonds is 8. The van der Waals surface area contributed by atoms with Gasteiger partial charge in [-0.25, -0.2) is 4.79 Å². The average molecular weight is 405 g/mol. The van der Waals surface area contributed by atoms with Crippen LogP contribution in [0.5, 0.6) is 11.5 Å². The van der Waals surface area contributed by atoms with Gasteiger partial charge in [-0.1, -0.05) is 18.2 Å². The molecule has 154 valence electrons. The van der Waals surface area contributed by atoms with E-state index in [1.54, 1.807) is 18.2 Å². The van der Waals surface area contributed by atoms with Crippen LogP contribution in [0.3, 0.4) is 0 Å². The summed E-state index contributed by atoms with van der Waals surface area (Å²) in [5, 5.41) is 2.67. The lowest BCUT2D eigenvalue weighted by molar-refractivity contribution is -0.148. The van der Waals surface area contributed by atoms with E-state index in [2.05, 4.69) is 10.1 Å². The van der Waals surface area contributed by atoms with E-state index in [0.717, 1.165) is 11.6 Å². The monoisotopic (exact) mass is 405 g/mol. The molecule has 6 nitrogen and oxygen atoms in total. The summed E-state index contributed by atoms with van der Waals surface area (Å²) in [6.45, 7) is 0.370. The number of carbonyl (C=O) groups excluding carboxylic acids is 2. The Bertz CT molecular complexity index is 898. The van der Waals surface area contributed by atoms with Crippen LogP contribution in [0.15, 0.2) is 48.5 Å². The van der Waals surface area contributed by atoms with Crippen LogP contribution in [0, 0.1) is 6.92 Å². The fraction of sp³-hybridized carbons (Fsp3) is 0.238. The summed E-state index contributed by atoms with van der Waals surface area (Å²) >= 11 is 0. The van der Waals surface area contributed by atoms with Crippen molar-refractivity contribution in [3.8, 4) is 11.5 Å². The second-order valence-corrected chi connectivity index (χ2v) is 6.06. The number of hydrogen-bond acceptors (Lipinski definition) is 5. The Morgan fingerprint density at radius 3 is 2.52 bits per heavy atom. The topological polar surface area (TPSA) is 73.9 Å². The molecule has 1 atom stereocenters. The Labute approximate surface area is 167 Å². The van der Waals surface area contributed by atoms with Gasteiger partial charge in [0.1, 0.15) is 0 Å². The Hall–Kier alpha value is -3.42. The van der Waals surface area contributed by atoms with Crippen molar-refractivity contribution in [2.24, 2.45) is 0 Å². The largest absolute Gasteiger partial charge is 0.493 e. The van der Waals surface area contributed by atoms with Crippen LogP contribution in [-0.2, 0) is 14.3 Å². The summed E-state index contributed by atoms with van der Waals surface area (Å²) in [5.41, 5.74) is 2.08. The third kappa shape index (κ3) is 6.91. The maximum atomic E-state index is 12.3. The number of nitrogens with one attached hydrogen (secondary N) is 1. The van der Waals surface area contributed by atoms with Crippen molar-refractivity contribution in [3.05, 3.63) is 59.7 Å². The third-order valence-corrected chi connectivity index (χ3v) is 3.76. The van der Waals surface area contributed by atoms with Gasteiger partial charge in [-0.05, 0) is 55.3 Å². The quantitative estimate of drug-likeness (QED) is 0.527. The number of anilines is 1.